The van der Waals surface area contributed by atoms with Gasteiger partial charge in [-0.3, -0.25) is 0 Å². The van der Waals surface area contributed by atoms with Gasteiger partial charge in [-0.05, 0) is 18.7 Å². The highest BCUT2D eigenvalue weighted by Gasteiger charge is 2.24. The summed E-state index contributed by atoms with van der Waals surface area (Å²) in [5, 5.41) is 0. The van der Waals surface area contributed by atoms with Crippen LogP contribution in [0.1, 0.15) is 25.0 Å². The van der Waals surface area contributed by atoms with Crippen molar-refractivity contribution in [3.05, 3.63) is 23.3 Å². The lowest BCUT2D eigenvalue weighted by Gasteiger charge is -2.26. The summed E-state index contributed by atoms with van der Waals surface area (Å²) in [7, 11) is 3.37. The van der Waals surface area contributed by atoms with Crippen LogP contribution in [0.2, 0.25) is 0 Å². The Kier molecular flexibility index (Phi) is 4.14. The second kappa shape index (κ2) is 5.00. The van der Waals surface area contributed by atoms with E-state index in [1.165, 1.54) is 5.56 Å². The Morgan fingerprint density at radius 2 is 1.81 bits per heavy atom. The van der Waals surface area contributed by atoms with Crippen LogP contribution in [0.15, 0.2) is 12.1 Å². The van der Waals surface area contributed by atoms with Gasteiger partial charge in [-0.25, -0.2) is 0 Å². The van der Waals surface area contributed by atoms with E-state index in [4.69, 9.17) is 9.47 Å². The van der Waals surface area contributed by atoms with E-state index >= 15 is 0 Å². The highest BCUT2D eigenvalue weighted by atomic mass is 32.1. The van der Waals surface area contributed by atoms with Crippen molar-refractivity contribution in [3.8, 4) is 11.5 Å². The Morgan fingerprint density at radius 3 is 2.25 bits per heavy atom. The van der Waals surface area contributed by atoms with Gasteiger partial charge in [-0.2, -0.15) is 12.6 Å². The van der Waals surface area contributed by atoms with Crippen molar-refractivity contribution >= 4 is 12.6 Å². The molecule has 0 bridgehead atoms. The molecule has 3 heteroatoms. The summed E-state index contributed by atoms with van der Waals surface area (Å²) in [5.74, 6) is 2.53. The lowest BCUT2D eigenvalue weighted by Crippen LogP contribution is -2.20. The molecule has 1 rings (SSSR count). The van der Waals surface area contributed by atoms with E-state index in [0.717, 1.165) is 22.8 Å². The molecule has 2 nitrogen and oxygen atoms in total. The van der Waals surface area contributed by atoms with E-state index in [2.05, 4.69) is 32.5 Å². The lowest BCUT2D eigenvalue weighted by molar-refractivity contribution is 0.378. The molecular weight excluding hydrogens is 220 g/mol. The van der Waals surface area contributed by atoms with Crippen molar-refractivity contribution in [3.63, 3.8) is 0 Å². The Labute approximate surface area is 103 Å². The number of thiol groups is 1. The Hall–Kier alpha value is -0.830. The highest BCUT2D eigenvalue weighted by Crippen LogP contribution is 2.38. The second-order valence-corrected chi connectivity index (χ2v) is 4.83. The summed E-state index contributed by atoms with van der Waals surface area (Å²) < 4.78 is 10.8. The van der Waals surface area contributed by atoms with Gasteiger partial charge >= 0.3 is 0 Å². The summed E-state index contributed by atoms with van der Waals surface area (Å²) in [4.78, 5) is 0. The van der Waals surface area contributed by atoms with E-state index in [0.29, 0.717) is 0 Å². The third-order valence-electron chi connectivity index (χ3n) is 2.90. The van der Waals surface area contributed by atoms with Crippen LogP contribution in [0.3, 0.4) is 0 Å². The maximum Gasteiger partial charge on any atom is 0.129 e. The van der Waals surface area contributed by atoms with Crippen molar-refractivity contribution in [1.82, 2.24) is 0 Å². The molecule has 1 aromatic rings. The fraction of sp³-hybridized carbons (Fsp3) is 0.538. The van der Waals surface area contributed by atoms with E-state index in [1.807, 2.05) is 13.0 Å². The first-order chi connectivity index (χ1) is 7.47. The first-order valence-electron chi connectivity index (χ1n) is 5.31. The minimum Gasteiger partial charge on any atom is -0.496 e. The minimum atomic E-state index is -0.00845. The molecule has 0 unspecified atom stereocenters. The third-order valence-corrected chi connectivity index (χ3v) is 3.70. The van der Waals surface area contributed by atoms with Crippen LogP contribution in [-0.4, -0.2) is 20.0 Å². The summed E-state index contributed by atoms with van der Waals surface area (Å²) in [6.07, 6.45) is 0. The Balaban J connectivity index is 3.37. The van der Waals surface area contributed by atoms with E-state index in [-0.39, 0.29) is 5.41 Å². The van der Waals surface area contributed by atoms with Crippen molar-refractivity contribution in [2.24, 2.45) is 0 Å². The number of rotatable bonds is 4. The van der Waals surface area contributed by atoms with Crippen LogP contribution >= 0.6 is 12.6 Å². The fourth-order valence-corrected chi connectivity index (χ4v) is 1.95. The van der Waals surface area contributed by atoms with Gasteiger partial charge in [0.2, 0.25) is 0 Å². The SMILES string of the molecule is COc1ccc(C(C)(C)CS)c(OC)c1C. The van der Waals surface area contributed by atoms with Gasteiger partial charge in [0.25, 0.3) is 0 Å². The zero-order valence-corrected chi connectivity index (χ0v) is 11.5. The van der Waals surface area contributed by atoms with Crippen LogP contribution in [-0.2, 0) is 5.41 Å². The van der Waals surface area contributed by atoms with E-state index < -0.39 is 0 Å². The quantitative estimate of drug-likeness (QED) is 0.815. The molecule has 0 saturated carbocycles. The molecule has 0 fully saturated rings. The van der Waals surface area contributed by atoms with Crippen LogP contribution in [0, 0.1) is 6.92 Å². The molecule has 0 N–H and O–H groups in total. The predicted octanol–water partition coefficient (Wildman–Crippen LogP) is 3.22. The molecule has 90 valence electrons. The average molecular weight is 240 g/mol. The van der Waals surface area contributed by atoms with Gasteiger partial charge in [0.1, 0.15) is 11.5 Å². The normalized spacial score (nSPS) is 11.4. The lowest BCUT2D eigenvalue weighted by atomic mass is 9.85. The van der Waals surface area contributed by atoms with E-state index in [9.17, 15) is 0 Å². The highest BCUT2D eigenvalue weighted by molar-refractivity contribution is 7.80. The van der Waals surface area contributed by atoms with Crippen LogP contribution < -0.4 is 9.47 Å². The zero-order valence-electron chi connectivity index (χ0n) is 10.6. The number of benzene rings is 1. The molecule has 0 aliphatic carbocycles. The predicted molar refractivity (Wildman–Crippen MR) is 71.2 cm³/mol. The van der Waals surface area contributed by atoms with Crippen molar-refractivity contribution < 1.29 is 9.47 Å². The molecule has 0 aliphatic heterocycles. The minimum absolute atomic E-state index is 0.00845. The first kappa shape index (κ1) is 13.2. The van der Waals surface area contributed by atoms with Gasteiger partial charge in [0, 0.05) is 16.5 Å². The Bertz CT molecular complexity index is 372. The topological polar surface area (TPSA) is 18.5 Å². The van der Waals surface area contributed by atoms with Gasteiger partial charge in [-0.1, -0.05) is 19.9 Å². The standard InChI is InChI=1S/C13H20O2S/c1-9-11(14-4)7-6-10(12(9)15-5)13(2,3)8-16/h6-7,16H,8H2,1-5H3. The maximum absolute atomic E-state index is 5.49. The Morgan fingerprint density at radius 1 is 1.19 bits per heavy atom. The van der Waals surface area contributed by atoms with Crippen LogP contribution in [0.5, 0.6) is 11.5 Å². The number of methoxy groups -OCH3 is 2. The molecular formula is C13H20O2S. The van der Waals surface area contributed by atoms with Crippen molar-refractivity contribution in [2.45, 2.75) is 26.2 Å². The van der Waals surface area contributed by atoms with Crippen molar-refractivity contribution in [1.29, 1.82) is 0 Å². The monoisotopic (exact) mass is 240 g/mol. The summed E-state index contributed by atoms with van der Waals surface area (Å²) in [6.45, 7) is 6.32. The molecule has 0 heterocycles. The molecule has 0 saturated heterocycles. The first-order valence-corrected chi connectivity index (χ1v) is 5.94. The molecule has 0 spiro atoms. The average Bonchev–Trinajstić information content (AvgIpc) is 2.28. The molecule has 0 atom stereocenters. The second-order valence-electron chi connectivity index (χ2n) is 4.52. The van der Waals surface area contributed by atoms with Gasteiger partial charge in [0.15, 0.2) is 0 Å². The summed E-state index contributed by atoms with van der Waals surface area (Å²) in [6, 6.07) is 4.04. The summed E-state index contributed by atoms with van der Waals surface area (Å²) in [5.41, 5.74) is 2.20. The molecule has 1 aromatic carbocycles. The maximum atomic E-state index is 5.49. The van der Waals surface area contributed by atoms with Crippen molar-refractivity contribution in [2.75, 3.05) is 20.0 Å². The van der Waals surface area contributed by atoms with E-state index in [1.54, 1.807) is 14.2 Å². The molecule has 0 aliphatic rings. The molecule has 0 aromatic heterocycles. The van der Waals surface area contributed by atoms with Crippen LogP contribution in [0.4, 0.5) is 0 Å². The van der Waals surface area contributed by atoms with Crippen LogP contribution in [0.25, 0.3) is 0 Å². The fourth-order valence-electron chi connectivity index (χ4n) is 1.78. The molecule has 0 radical (unpaired) electrons. The molecule has 16 heavy (non-hydrogen) atoms. The van der Waals surface area contributed by atoms with Gasteiger partial charge in [-0.15, -0.1) is 0 Å². The number of ether oxygens (including phenoxy) is 2. The number of hydrogen-bond donors (Lipinski definition) is 1. The summed E-state index contributed by atoms with van der Waals surface area (Å²) >= 11 is 4.39. The number of hydrogen-bond acceptors (Lipinski definition) is 3. The largest absolute Gasteiger partial charge is 0.496 e. The smallest absolute Gasteiger partial charge is 0.129 e. The van der Waals surface area contributed by atoms with Gasteiger partial charge in [0.05, 0.1) is 14.2 Å². The zero-order chi connectivity index (χ0) is 12.3. The molecule has 0 amide bonds. The van der Waals surface area contributed by atoms with Gasteiger partial charge < -0.3 is 9.47 Å². The third kappa shape index (κ3) is 2.29.